The number of fused-ring (bicyclic) bond motifs is 3. The van der Waals surface area contributed by atoms with Crippen LogP contribution in [0.1, 0.15) is 43.0 Å². The van der Waals surface area contributed by atoms with Gasteiger partial charge in [0, 0.05) is 47.1 Å². The van der Waals surface area contributed by atoms with E-state index in [0.29, 0.717) is 18.8 Å². The number of sulfonamides is 1. The number of amides is 1. The fraction of sp³-hybridized carbons (Fsp3) is 0.296. The Balaban J connectivity index is 1.46. The molecule has 0 aliphatic carbocycles. The van der Waals surface area contributed by atoms with E-state index in [9.17, 15) is 13.2 Å². The zero-order valence-corrected chi connectivity index (χ0v) is 21.2. The highest BCUT2D eigenvalue weighted by Gasteiger charge is 2.26. The van der Waals surface area contributed by atoms with Crippen molar-refractivity contribution in [3.63, 3.8) is 0 Å². The largest absolute Gasteiger partial charge is 0.341 e. The van der Waals surface area contributed by atoms with Gasteiger partial charge >= 0.3 is 0 Å². The molecule has 1 aliphatic rings. The topological polar surface area (TPSA) is 71.4 Å². The number of carbonyl (C=O) groups excluding carboxylic acids is 1. The first-order chi connectivity index (χ1) is 16.9. The van der Waals surface area contributed by atoms with E-state index in [1.54, 1.807) is 0 Å². The highest BCUT2D eigenvalue weighted by Crippen LogP contribution is 2.32. The molecule has 1 saturated heterocycles. The first kappa shape index (κ1) is 23.9. The van der Waals surface area contributed by atoms with Crippen LogP contribution in [0.4, 0.5) is 5.69 Å². The number of nitrogens with zero attached hydrogens (tertiary/aromatic N) is 2. The molecule has 0 spiro atoms. The zero-order chi connectivity index (χ0) is 24.6. The van der Waals surface area contributed by atoms with E-state index in [2.05, 4.69) is 28.9 Å². The number of hydrogen-bond donors (Lipinski definition) is 1. The molecule has 5 rings (SSSR count). The molecule has 0 radical (unpaired) electrons. The van der Waals surface area contributed by atoms with Crippen molar-refractivity contribution in [3.8, 4) is 0 Å². The first-order valence-electron chi connectivity index (χ1n) is 12.0. The Morgan fingerprint density at radius 3 is 2.37 bits per heavy atom. The zero-order valence-electron chi connectivity index (χ0n) is 19.6. The van der Waals surface area contributed by atoms with Gasteiger partial charge in [-0.3, -0.25) is 4.79 Å². The van der Waals surface area contributed by atoms with E-state index in [1.807, 2.05) is 30.3 Å². The smallest absolute Gasteiger partial charge is 0.257 e. The number of nitrogens with one attached hydrogen (secondary N) is 1. The van der Waals surface area contributed by atoms with Gasteiger partial charge in [-0.25, -0.2) is 8.42 Å². The highest BCUT2D eigenvalue weighted by atomic mass is 35.5. The first-order valence-corrected chi connectivity index (χ1v) is 13.8. The SMILES string of the molecule is CCn1c2ccccc2c2cc(NC(=O)c3cc(S(=O)(=O)N4CCCCCC4)ccc3Cl)ccc21. The number of hydrogen-bond acceptors (Lipinski definition) is 3. The van der Waals surface area contributed by atoms with Gasteiger partial charge in [0.25, 0.3) is 5.91 Å². The second-order valence-electron chi connectivity index (χ2n) is 8.91. The quantitative estimate of drug-likeness (QED) is 0.344. The number of anilines is 1. The average molecular weight is 510 g/mol. The van der Waals surface area contributed by atoms with Gasteiger partial charge in [0.2, 0.25) is 10.0 Å². The van der Waals surface area contributed by atoms with Gasteiger partial charge in [-0.15, -0.1) is 0 Å². The lowest BCUT2D eigenvalue weighted by Gasteiger charge is -2.20. The van der Waals surface area contributed by atoms with Gasteiger partial charge in [0.05, 0.1) is 15.5 Å². The number of aryl methyl sites for hydroxylation is 1. The van der Waals surface area contributed by atoms with Crippen molar-refractivity contribution in [1.29, 1.82) is 0 Å². The van der Waals surface area contributed by atoms with Crippen LogP contribution in [0, 0.1) is 0 Å². The lowest BCUT2D eigenvalue weighted by Crippen LogP contribution is -2.32. The molecular weight excluding hydrogens is 482 g/mol. The molecule has 3 aromatic carbocycles. The van der Waals surface area contributed by atoms with Crippen LogP contribution in [0.5, 0.6) is 0 Å². The van der Waals surface area contributed by atoms with E-state index in [0.717, 1.165) is 54.0 Å². The Morgan fingerprint density at radius 2 is 1.63 bits per heavy atom. The van der Waals surface area contributed by atoms with Crippen molar-refractivity contribution in [2.24, 2.45) is 0 Å². The lowest BCUT2D eigenvalue weighted by atomic mass is 10.1. The predicted octanol–water partition coefficient (Wildman–Crippen LogP) is 6.28. The molecule has 35 heavy (non-hydrogen) atoms. The average Bonchev–Trinajstić information content (AvgIpc) is 2.99. The van der Waals surface area contributed by atoms with Crippen LogP contribution < -0.4 is 5.32 Å². The summed E-state index contributed by atoms with van der Waals surface area (Å²) in [5, 5.41) is 5.28. The molecule has 2 heterocycles. The van der Waals surface area contributed by atoms with Gasteiger partial charge in [-0.1, -0.05) is 42.6 Å². The summed E-state index contributed by atoms with van der Waals surface area (Å²) >= 11 is 6.34. The van der Waals surface area contributed by atoms with Gasteiger partial charge in [0.15, 0.2) is 0 Å². The second-order valence-corrected chi connectivity index (χ2v) is 11.3. The summed E-state index contributed by atoms with van der Waals surface area (Å²) in [4.78, 5) is 13.3. The fourth-order valence-electron chi connectivity index (χ4n) is 4.94. The van der Waals surface area contributed by atoms with Crippen molar-refractivity contribution in [3.05, 3.63) is 71.2 Å². The maximum Gasteiger partial charge on any atom is 0.257 e. The van der Waals surface area contributed by atoms with E-state index < -0.39 is 15.9 Å². The molecular formula is C27H28ClN3O3S. The van der Waals surface area contributed by atoms with Gasteiger partial charge in [0.1, 0.15) is 0 Å². The maximum atomic E-state index is 13.2. The molecule has 0 saturated carbocycles. The molecule has 4 aromatic rings. The number of rotatable bonds is 5. The minimum Gasteiger partial charge on any atom is -0.341 e. The number of benzene rings is 3. The molecule has 1 N–H and O–H groups in total. The van der Waals surface area contributed by atoms with Crippen LogP contribution in [0.25, 0.3) is 21.8 Å². The molecule has 0 bridgehead atoms. The summed E-state index contributed by atoms with van der Waals surface area (Å²) in [5.74, 6) is -0.443. The van der Waals surface area contributed by atoms with Crippen LogP contribution >= 0.6 is 11.6 Å². The number of carbonyl (C=O) groups is 1. The molecule has 1 aromatic heterocycles. The van der Waals surface area contributed by atoms with Crippen molar-refractivity contribution in [1.82, 2.24) is 8.87 Å². The van der Waals surface area contributed by atoms with E-state index in [1.165, 1.54) is 22.5 Å². The summed E-state index contributed by atoms with van der Waals surface area (Å²) < 4.78 is 30.2. The molecule has 0 atom stereocenters. The van der Waals surface area contributed by atoms with Crippen molar-refractivity contribution < 1.29 is 13.2 Å². The third-order valence-electron chi connectivity index (χ3n) is 6.73. The molecule has 6 nitrogen and oxygen atoms in total. The third kappa shape index (κ3) is 4.44. The third-order valence-corrected chi connectivity index (χ3v) is 8.96. The van der Waals surface area contributed by atoms with Gasteiger partial charge in [-0.2, -0.15) is 4.31 Å². The Bertz CT molecular complexity index is 1520. The summed E-state index contributed by atoms with van der Waals surface area (Å²) in [5.41, 5.74) is 3.00. The van der Waals surface area contributed by atoms with Crippen LogP contribution in [0.15, 0.2) is 65.6 Å². The van der Waals surface area contributed by atoms with Crippen LogP contribution in [-0.4, -0.2) is 36.3 Å². The monoisotopic (exact) mass is 509 g/mol. The minimum atomic E-state index is -3.69. The number of aromatic nitrogens is 1. The summed E-state index contributed by atoms with van der Waals surface area (Å²) in [7, 11) is -3.69. The molecule has 1 fully saturated rings. The lowest BCUT2D eigenvalue weighted by molar-refractivity contribution is 0.102. The standard InChI is InChI=1S/C27H28ClN3O3S/c1-2-31-25-10-6-5-9-21(25)22-17-19(11-14-26(22)31)29-27(32)23-18-20(12-13-24(23)28)35(33,34)30-15-7-3-4-8-16-30/h5-6,9-14,17-18H,2-4,7-8,15-16H2,1H3,(H,29,32). The summed E-state index contributed by atoms with van der Waals surface area (Å²) in [6.45, 7) is 3.94. The summed E-state index contributed by atoms with van der Waals surface area (Å²) in [6, 6.07) is 18.3. The Labute approximate surface area is 210 Å². The van der Waals surface area contributed by atoms with Crippen LogP contribution in [-0.2, 0) is 16.6 Å². The van der Waals surface area contributed by atoms with Crippen LogP contribution in [0.3, 0.4) is 0 Å². The molecule has 1 amide bonds. The minimum absolute atomic E-state index is 0.0930. The molecule has 182 valence electrons. The van der Waals surface area contributed by atoms with Crippen molar-refractivity contribution >= 4 is 55.0 Å². The number of halogens is 1. The van der Waals surface area contributed by atoms with E-state index in [4.69, 9.17) is 11.6 Å². The van der Waals surface area contributed by atoms with Gasteiger partial charge < -0.3 is 9.88 Å². The predicted molar refractivity (Wildman–Crippen MR) is 142 cm³/mol. The highest BCUT2D eigenvalue weighted by molar-refractivity contribution is 7.89. The Hall–Kier alpha value is -2.87. The Morgan fingerprint density at radius 1 is 0.914 bits per heavy atom. The van der Waals surface area contributed by atoms with E-state index >= 15 is 0 Å². The van der Waals surface area contributed by atoms with Crippen molar-refractivity contribution in [2.75, 3.05) is 18.4 Å². The van der Waals surface area contributed by atoms with Crippen molar-refractivity contribution in [2.45, 2.75) is 44.0 Å². The summed E-state index contributed by atoms with van der Waals surface area (Å²) in [6.07, 6.45) is 3.75. The Kier molecular flexibility index (Phi) is 6.57. The maximum absolute atomic E-state index is 13.2. The normalized spacial score (nSPS) is 15.4. The molecule has 8 heteroatoms. The fourth-order valence-corrected chi connectivity index (χ4v) is 6.69. The second kappa shape index (κ2) is 9.64. The molecule has 0 unspecified atom stereocenters. The number of para-hydroxylation sites is 1. The van der Waals surface area contributed by atoms with E-state index in [-0.39, 0.29) is 15.5 Å². The molecule has 1 aliphatic heterocycles. The van der Waals surface area contributed by atoms with Gasteiger partial charge in [-0.05, 0) is 62.2 Å². The van der Waals surface area contributed by atoms with Crippen LogP contribution in [0.2, 0.25) is 5.02 Å².